The summed E-state index contributed by atoms with van der Waals surface area (Å²) in [5.41, 5.74) is 0.691. The second kappa shape index (κ2) is 9.82. The fourth-order valence-electron chi connectivity index (χ4n) is 3.95. The van der Waals surface area contributed by atoms with Gasteiger partial charge in [-0.1, -0.05) is 37.1 Å². The van der Waals surface area contributed by atoms with Crippen LogP contribution in [0.25, 0.3) is 0 Å². The van der Waals surface area contributed by atoms with Gasteiger partial charge in [-0.3, -0.25) is 13.9 Å². The summed E-state index contributed by atoms with van der Waals surface area (Å²) >= 11 is 6.05. The predicted molar refractivity (Wildman–Crippen MR) is 123 cm³/mol. The van der Waals surface area contributed by atoms with Gasteiger partial charge >= 0.3 is 5.69 Å². The highest BCUT2D eigenvalue weighted by Gasteiger charge is 2.24. The number of benzene rings is 1. The Labute approximate surface area is 194 Å². The predicted octanol–water partition coefficient (Wildman–Crippen LogP) is 3.79. The van der Waals surface area contributed by atoms with Crippen LogP contribution in [0.4, 0.5) is 14.6 Å². The lowest BCUT2D eigenvalue weighted by Gasteiger charge is -2.13. The van der Waals surface area contributed by atoms with E-state index >= 15 is 0 Å². The van der Waals surface area contributed by atoms with Crippen molar-refractivity contribution in [3.8, 4) is 0 Å². The van der Waals surface area contributed by atoms with Gasteiger partial charge in [0.25, 0.3) is 5.56 Å². The molecule has 3 heterocycles. The van der Waals surface area contributed by atoms with Gasteiger partial charge in [0.2, 0.25) is 0 Å². The van der Waals surface area contributed by atoms with E-state index in [9.17, 15) is 18.4 Å². The van der Waals surface area contributed by atoms with Gasteiger partial charge in [-0.05, 0) is 25.3 Å². The van der Waals surface area contributed by atoms with E-state index in [2.05, 4.69) is 9.98 Å². The maximum absolute atomic E-state index is 13.9. The molecule has 33 heavy (non-hydrogen) atoms. The Bertz CT molecular complexity index is 1330. The Balaban J connectivity index is 1.46. The van der Waals surface area contributed by atoms with E-state index in [-0.39, 0.29) is 36.3 Å². The number of aryl methyl sites for hydroxylation is 1. The van der Waals surface area contributed by atoms with Crippen LogP contribution in [0.1, 0.15) is 43.0 Å². The van der Waals surface area contributed by atoms with Gasteiger partial charge in [-0.25, -0.2) is 23.6 Å². The number of aliphatic imine (C=N–C) groups is 1. The summed E-state index contributed by atoms with van der Waals surface area (Å²) in [4.78, 5) is 34.4. The van der Waals surface area contributed by atoms with Crippen molar-refractivity contribution >= 4 is 22.6 Å². The number of fused-ring (bicyclic) bond motifs is 1. The summed E-state index contributed by atoms with van der Waals surface area (Å²) in [6.07, 6.45) is 6.28. The minimum atomic E-state index is -0.885. The topological polar surface area (TPSA) is 74.2 Å². The first-order chi connectivity index (χ1) is 15.9. The molecule has 0 unspecified atom stereocenters. The van der Waals surface area contributed by atoms with Crippen molar-refractivity contribution in [2.75, 3.05) is 0 Å². The molecule has 4 rings (SSSR count). The molecule has 0 amide bonds. The maximum Gasteiger partial charge on any atom is 0.332 e. The van der Waals surface area contributed by atoms with Crippen LogP contribution in [0, 0.1) is 11.6 Å². The zero-order chi connectivity index (χ0) is 23.5. The van der Waals surface area contributed by atoms with Crippen LogP contribution in [0.2, 0.25) is 0 Å². The summed E-state index contributed by atoms with van der Waals surface area (Å²) < 4.78 is 31.8. The largest absolute Gasteiger partial charge is 0.333 e. The highest BCUT2D eigenvalue weighted by atomic mass is 35.5. The molecule has 0 saturated carbocycles. The molecule has 0 aliphatic carbocycles. The summed E-state index contributed by atoms with van der Waals surface area (Å²) in [6.45, 7) is 2.90. The Kier molecular flexibility index (Phi) is 6.88. The van der Waals surface area contributed by atoms with Crippen molar-refractivity contribution < 1.29 is 8.78 Å². The lowest BCUT2D eigenvalue weighted by Crippen LogP contribution is -2.41. The van der Waals surface area contributed by atoms with Crippen LogP contribution >= 0.6 is 11.6 Å². The average molecular weight is 476 g/mol. The molecule has 1 aliphatic heterocycles. The van der Waals surface area contributed by atoms with E-state index in [1.807, 2.05) is 6.92 Å². The van der Waals surface area contributed by atoms with Crippen LogP contribution in [-0.4, -0.2) is 23.9 Å². The number of imidazole rings is 1. The fourth-order valence-corrected chi connectivity index (χ4v) is 4.16. The molecule has 3 aromatic rings. The van der Waals surface area contributed by atoms with Crippen molar-refractivity contribution in [3.05, 3.63) is 80.0 Å². The van der Waals surface area contributed by atoms with E-state index in [4.69, 9.17) is 11.6 Å². The Morgan fingerprint density at radius 1 is 1.12 bits per heavy atom. The lowest BCUT2D eigenvalue weighted by molar-refractivity contribution is 0.495. The van der Waals surface area contributed by atoms with Gasteiger partial charge in [0, 0.05) is 31.3 Å². The molecular formula is C23H24ClF2N5O2. The third-order valence-electron chi connectivity index (χ3n) is 5.66. The molecule has 0 N–H and O–H groups in total. The van der Waals surface area contributed by atoms with Gasteiger partial charge < -0.3 is 4.57 Å². The molecular weight excluding hydrogens is 452 g/mol. The number of unbranched alkanes of at least 4 members (excludes halogenated alkanes) is 1. The molecule has 1 aliphatic rings. The van der Waals surface area contributed by atoms with Gasteiger partial charge in [-0.2, -0.15) is 0 Å². The fraction of sp³-hybridized carbons (Fsp3) is 0.391. The molecule has 0 atom stereocenters. The molecule has 1 aromatic carbocycles. The number of nitrogens with zero attached hydrogens (tertiary/aromatic N) is 5. The minimum absolute atomic E-state index is 0.157. The molecule has 0 spiro atoms. The first-order valence-corrected chi connectivity index (χ1v) is 11.3. The van der Waals surface area contributed by atoms with Crippen molar-refractivity contribution in [1.82, 2.24) is 18.7 Å². The average Bonchev–Trinajstić information content (AvgIpc) is 3.40. The summed E-state index contributed by atoms with van der Waals surface area (Å²) in [6, 6.07) is 4.07. The SMILES string of the molecule is CCCCn1c2c(c(=O)n(CCCc3cn(Cc4cccc(F)c4F)cn3)c1=O)CC(Cl)=N2. The molecule has 0 radical (unpaired) electrons. The molecule has 0 bridgehead atoms. The van der Waals surface area contributed by atoms with Crippen LogP contribution in [0.5, 0.6) is 0 Å². The first-order valence-electron chi connectivity index (χ1n) is 10.9. The van der Waals surface area contributed by atoms with E-state index in [1.165, 1.54) is 21.3 Å². The van der Waals surface area contributed by atoms with Gasteiger partial charge in [0.1, 0.15) is 11.0 Å². The Morgan fingerprint density at radius 3 is 2.70 bits per heavy atom. The van der Waals surface area contributed by atoms with Crippen LogP contribution in [0.3, 0.4) is 0 Å². The molecule has 10 heteroatoms. The third kappa shape index (κ3) is 4.83. The molecule has 7 nitrogen and oxygen atoms in total. The minimum Gasteiger partial charge on any atom is -0.333 e. The smallest absolute Gasteiger partial charge is 0.332 e. The van der Waals surface area contributed by atoms with Crippen molar-refractivity contribution in [3.63, 3.8) is 0 Å². The Morgan fingerprint density at radius 2 is 1.91 bits per heavy atom. The Hall–Kier alpha value is -3.07. The van der Waals surface area contributed by atoms with Crippen LogP contribution in [0.15, 0.2) is 45.3 Å². The molecule has 0 saturated heterocycles. The first kappa shape index (κ1) is 23.1. The normalized spacial score (nSPS) is 12.8. The zero-order valence-corrected chi connectivity index (χ0v) is 19.0. The number of halogens is 3. The van der Waals surface area contributed by atoms with Gasteiger partial charge in [-0.15, -0.1) is 0 Å². The zero-order valence-electron chi connectivity index (χ0n) is 18.2. The van der Waals surface area contributed by atoms with Gasteiger partial charge in [0.05, 0.1) is 24.1 Å². The second-order valence-electron chi connectivity index (χ2n) is 8.07. The molecule has 174 valence electrons. The maximum atomic E-state index is 13.9. The number of hydrogen-bond acceptors (Lipinski definition) is 4. The highest BCUT2D eigenvalue weighted by Crippen LogP contribution is 2.24. The third-order valence-corrected chi connectivity index (χ3v) is 5.88. The number of aromatic nitrogens is 4. The quantitative estimate of drug-likeness (QED) is 0.472. The van der Waals surface area contributed by atoms with E-state index in [1.54, 1.807) is 17.1 Å². The van der Waals surface area contributed by atoms with Gasteiger partial charge in [0.15, 0.2) is 11.6 Å². The van der Waals surface area contributed by atoms with E-state index in [0.717, 1.165) is 24.6 Å². The van der Waals surface area contributed by atoms with Crippen LogP contribution in [-0.2, 0) is 32.5 Å². The molecule has 0 fully saturated rings. The second-order valence-corrected chi connectivity index (χ2v) is 8.50. The number of rotatable bonds is 9. The number of hydrogen-bond donors (Lipinski definition) is 0. The standard InChI is InChI=1S/C23H24ClF2N5O2/c1-2-3-9-30-21-17(11-19(24)28-21)22(32)31(23(30)33)10-5-7-16-13-29(14-27-16)12-15-6-4-8-18(25)20(15)26/h4,6,8,13-14H,2-3,5,7,9-12H2,1H3. The van der Waals surface area contributed by atoms with Crippen LogP contribution < -0.4 is 11.2 Å². The van der Waals surface area contributed by atoms with Crippen molar-refractivity contribution in [2.45, 2.75) is 58.7 Å². The van der Waals surface area contributed by atoms with E-state index < -0.39 is 11.6 Å². The monoisotopic (exact) mass is 475 g/mol. The van der Waals surface area contributed by atoms with Crippen molar-refractivity contribution in [2.24, 2.45) is 4.99 Å². The lowest BCUT2D eigenvalue weighted by atomic mass is 10.2. The molecule has 2 aromatic heterocycles. The summed E-state index contributed by atoms with van der Waals surface area (Å²) in [7, 11) is 0. The van der Waals surface area contributed by atoms with E-state index in [0.29, 0.717) is 35.9 Å². The summed E-state index contributed by atoms with van der Waals surface area (Å²) in [5.74, 6) is -1.38. The highest BCUT2D eigenvalue weighted by molar-refractivity contribution is 6.66. The summed E-state index contributed by atoms with van der Waals surface area (Å²) in [5, 5.41) is 0.310. The van der Waals surface area contributed by atoms with Crippen molar-refractivity contribution in [1.29, 1.82) is 0 Å².